The fourth-order valence-electron chi connectivity index (χ4n) is 2.12. The normalized spacial score (nSPS) is 10.1. The number of amides is 1. The summed E-state index contributed by atoms with van der Waals surface area (Å²) in [4.78, 5) is 14.0. The van der Waals surface area contributed by atoms with E-state index in [0.29, 0.717) is 12.2 Å². The first kappa shape index (κ1) is 15.8. The Hall–Kier alpha value is -2.62. The van der Waals surface area contributed by atoms with Gasteiger partial charge in [-0.2, -0.15) is 0 Å². The first-order valence-electron chi connectivity index (χ1n) is 7.08. The van der Waals surface area contributed by atoms with Gasteiger partial charge in [0, 0.05) is 12.2 Å². The second-order valence-corrected chi connectivity index (χ2v) is 4.97. The molecule has 0 aliphatic carbocycles. The quantitative estimate of drug-likeness (QED) is 0.823. The van der Waals surface area contributed by atoms with Gasteiger partial charge in [-0.15, -0.1) is 6.58 Å². The fraction of sp³-hybridized carbons (Fsp3) is 0.167. The van der Waals surface area contributed by atoms with E-state index in [9.17, 15) is 9.18 Å². The summed E-state index contributed by atoms with van der Waals surface area (Å²) in [5, 5.41) is 2.85. The number of hydrogen-bond donors (Lipinski definition) is 1. The third-order valence-electron chi connectivity index (χ3n) is 3.24. The molecule has 0 saturated heterocycles. The molecule has 0 aliphatic heterocycles. The van der Waals surface area contributed by atoms with Crippen molar-refractivity contribution in [3.8, 4) is 0 Å². The number of hydrogen-bond acceptors (Lipinski definition) is 2. The molecule has 22 heavy (non-hydrogen) atoms. The van der Waals surface area contributed by atoms with Gasteiger partial charge in [0.05, 0.1) is 12.2 Å². The molecule has 0 spiro atoms. The molecule has 0 unspecified atom stereocenters. The number of rotatable bonds is 6. The number of carbonyl (C=O) groups excluding carboxylic acids is 1. The summed E-state index contributed by atoms with van der Waals surface area (Å²) in [6.07, 6.45) is 1.66. The van der Waals surface area contributed by atoms with Gasteiger partial charge in [-0.3, -0.25) is 4.79 Å². The second-order valence-electron chi connectivity index (χ2n) is 4.97. The zero-order valence-corrected chi connectivity index (χ0v) is 12.6. The standard InChI is InChI=1S/C18H19FN2O/c1-3-11-21(15-7-5-4-6-8-15)18(22)13-20-17-10-9-14(2)12-16(17)19/h3-10,12,20H,1,11,13H2,2H3. The van der Waals surface area contributed by atoms with E-state index in [-0.39, 0.29) is 18.3 Å². The van der Waals surface area contributed by atoms with Crippen LogP contribution in [0.15, 0.2) is 61.2 Å². The van der Waals surface area contributed by atoms with Gasteiger partial charge in [0.2, 0.25) is 5.91 Å². The monoisotopic (exact) mass is 298 g/mol. The van der Waals surface area contributed by atoms with Gasteiger partial charge in [-0.25, -0.2) is 4.39 Å². The minimum absolute atomic E-state index is 0.0166. The van der Waals surface area contributed by atoms with Crippen molar-refractivity contribution < 1.29 is 9.18 Å². The van der Waals surface area contributed by atoms with E-state index in [1.54, 1.807) is 23.1 Å². The highest BCUT2D eigenvalue weighted by atomic mass is 19.1. The van der Waals surface area contributed by atoms with Crippen LogP contribution < -0.4 is 10.2 Å². The summed E-state index contributed by atoms with van der Waals surface area (Å²) in [5.41, 5.74) is 1.95. The number of halogens is 1. The zero-order valence-electron chi connectivity index (χ0n) is 12.6. The molecule has 0 radical (unpaired) electrons. The maximum Gasteiger partial charge on any atom is 0.246 e. The molecule has 0 saturated carbocycles. The van der Waals surface area contributed by atoms with Crippen LogP contribution in [-0.4, -0.2) is 19.0 Å². The molecule has 4 heteroatoms. The van der Waals surface area contributed by atoms with Crippen molar-refractivity contribution in [3.05, 3.63) is 72.6 Å². The van der Waals surface area contributed by atoms with Crippen molar-refractivity contribution in [3.63, 3.8) is 0 Å². The molecule has 2 rings (SSSR count). The second kappa shape index (κ2) is 7.41. The van der Waals surface area contributed by atoms with E-state index < -0.39 is 0 Å². The van der Waals surface area contributed by atoms with Crippen LogP contribution in [0.1, 0.15) is 5.56 Å². The largest absolute Gasteiger partial charge is 0.374 e. The third-order valence-corrected chi connectivity index (χ3v) is 3.24. The highest BCUT2D eigenvalue weighted by molar-refractivity contribution is 5.96. The average Bonchev–Trinajstić information content (AvgIpc) is 2.52. The van der Waals surface area contributed by atoms with Crippen molar-refractivity contribution in [1.82, 2.24) is 0 Å². The predicted molar refractivity (Wildman–Crippen MR) is 88.6 cm³/mol. The molecule has 2 aromatic rings. The molecule has 0 atom stereocenters. The van der Waals surface area contributed by atoms with Crippen LogP contribution >= 0.6 is 0 Å². The summed E-state index contributed by atoms with van der Waals surface area (Å²) >= 11 is 0. The van der Waals surface area contributed by atoms with Gasteiger partial charge in [0.15, 0.2) is 0 Å². The summed E-state index contributed by atoms with van der Waals surface area (Å²) in [6, 6.07) is 14.2. The minimum Gasteiger partial charge on any atom is -0.374 e. The van der Waals surface area contributed by atoms with Crippen molar-refractivity contribution in [1.29, 1.82) is 0 Å². The van der Waals surface area contributed by atoms with E-state index in [2.05, 4.69) is 11.9 Å². The number of nitrogens with one attached hydrogen (secondary N) is 1. The third kappa shape index (κ3) is 3.95. The smallest absolute Gasteiger partial charge is 0.246 e. The van der Waals surface area contributed by atoms with E-state index in [0.717, 1.165) is 11.3 Å². The summed E-state index contributed by atoms with van der Waals surface area (Å²) in [6.45, 7) is 5.92. The number of aryl methyl sites for hydroxylation is 1. The lowest BCUT2D eigenvalue weighted by Crippen LogP contribution is -2.35. The maximum absolute atomic E-state index is 13.8. The van der Waals surface area contributed by atoms with Gasteiger partial charge >= 0.3 is 0 Å². The van der Waals surface area contributed by atoms with Crippen LogP contribution in [0, 0.1) is 12.7 Å². The first-order chi connectivity index (χ1) is 10.6. The van der Waals surface area contributed by atoms with Crippen LogP contribution in [-0.2, 0) is 4.79 Å². The van der Waals surface area contributed by atoms with Crippen molar-refractivity contribution in [2.75, 3.05) is 23.3 Å². The topological polar surface area (TPSA) is 32.3 Å². The van der Waals surface area contributed by atoms with Crippen LogP contribution in [0.3, 0.4) is 0 Å². The molecular formula is C18H19FN2O. The Morgan fingerprint density at radius 2 is 2.00 bits per heavy atom. The number of benzene rings is 2. The van der Waals surface area contributed by atoms with Crippen molar-refractivity contribution >= 4 is 17.3 Å². The molecular weight excluding hydrogens is 279 g/mol. The van der Waals surface area contributed by atoms with Gasteiger partial charge < -0.3 is 10.2 Å². The Balaban J connectivity index is 2.07. The number of para-hydroxylation sites is 1. The molecule has 0 aliphatic rings. The van der Waals surface area contributed by atoms with Gasteiger partial charge in [0.25, 0.3) is 0 Å². The molecule has 3 nitrogen and oxygen atoms in total. The molecule has 0 fully saturated rings. The van der Waals surface area contributed by atoms with Crippen molar-refractivity contribution in [2.45, 2.75) is 6.92 Å². The first-order valence-corrected chi connectivity index (χ1v) is 7.08. The Morgan fingerprint density at radius 3 is 2.64 bits per heavy atom. The Labute approximate surface area is 130 Å². The van der Waals surface area contributed by atoms with E-state index in [1.165, 1.54) is 6.07 Å². The summed E-state index contributed by atoms with van der Waals surface area (Å²) < 4.78 is 13.8. The highest BCUT2D eigenvalue weighted by Gasteiger charge is 2.14. The molecule has 1 amide bonds. The number of carbonyl (C=O) groups is 1. The Kier molecular flexibility index (Phi) is 5.31. The van der Waals surface area contributed by atoms with Gasteiger partial charge in [-0.05, 0) is 36.8 Å². The van der Waals surface area contributed by atoms with E-state index in [1.807, 2.05) is 37.3 Å². The molecule has 0 bridgehead atoms. The summed E-state index contributed by atoms with van der Waals surface area (Å²) in [5.74, 6) is -0.506. The number of nitrogens with zero attached hydrogens (tertiary/aromatic N) is 1. The average molecular weight is 298 g/mol. The lowest BCUT2D eigenvalue weighted by molar-refractivity contribution is -0.116. The molecule has 2 aromatic carbocycles. The lowest BCUT2D eigenvalue weighted by atomic mass is 10.2. The van der Waals surface area contributed by atoms with Crippen LogP contribution in [0.5, 0.6) is 0 Å². The zero-order chi connectivity index (χ0) is 15.9. The van der Waals surface area contributed by atoms with E-state index in [4.69, 9.17) is 0 Å². The molecule has 0 aromatic heterocycles. The SMILES string of the molecule is C=CCN(C(=O)CNc1ccc(C)cc1F)c1ccccc1. The molecule has 0 heterocycles. The van der Waals surface area contributed by atoms with Crippen LogP contribution in [0.25, 0.3) is 0 Å². The Morgan fingerprint density at radius 1 is 1.27 bits per heavy atom. The predicted octanol–water partition coefficient (Wildman–Crippen LogP) is 3.77. The lowest BCUT2D eigenvalue weighted by Gasteiger charge is -2.21. The summed E-state index contributed by atoms with van der Waals surface area (Å²) in [7, 11) is 0. The molecule has 1 N–H and O–H groups in total. The highest BCUT2D eigenvalue weighted by Crippen LogP contribution is 2.16. The van der Waals surface area contributed by atoms with Gasteiger partial charge in [0.1, 0.15) is 5.82 Å². The Bertz CT molecular complexity index is 655. The van der Waals surface area contributed by atoms with E-state index >= 15 is 0 Å². The van der Waals surface area contributed by atoms with Crippen LogP contribution in [0.4, 0.5) is 15.8 Å². The van der Waals surface area contributed by atoms with Crippen molar-refractivity contribution in [2.24, 2.45) is 0 Å². The molecule has 114 valence electrons. The number of anilines is 2. The van der Waals surface area contributed by atoms with Gasteiger partial charge in [-0.1, -0.05) is 30.3 Å². The maximum atomic E-state index is 13.8. The fourth-order valence-corrected chi connectivity index (χ4v) is 2.12. The minimum atomic E-state index is -0.359. The van der Waals surface area contributed by atoms with Crippen LogP contribution in [0.2, 0.25) is 0 Å².